The van der Waals surface area contributed by atoms with Crippen molar-refractivity contribution in [3.8, 4) is 0 Å². The molecule has 1 atom stereocenters. The van der Waals surface area contributed by atoms with Gasteiger partial charge in [-0.25, -0.2) is 0 Å². The third-order valence-electron chi connectivity index (χ3n) is 5.42. The van der Waals surface area contributed by atoms with Gasteiger partial charge >= 0.3 is 5.97 Å². The van der Waals surface area contributed by atoms with E-state index in [0.717, 1.165) is 19.1 Å². The fourth-order valence-corrected chi connectivity index (χ4v) is 2.80. The smallest absolute Gasteiger partial charge is 0.320 e. The number of Topliss-reactive ketones (excluding diaryl/α,β-unsaturated/α-hetero) is 1. The van der Waals surface area contributed by atoms with Gasteiger partial charge in [-0.2, -0.15) is 0 Å². The lowest BCUT2D eigenvalue weighted by atomic mass is 9.91. The Morgan fingerprint density at radius 3 is 1.83 bits per heavy atom. The summed E-state index contributed by atoms with van der Waals surface area (Å²) in [6.07, 6.45) is 5.50. The molecule has 1 unspecified atom stereocenters. The zero-order valence-electron chi connectivity index (χ0n) is 25.6. The maximum Gasteiger partial charge on any atom is 0.320 e. The lowest BCUT2D eigenvalue weighted by Crippen LogP contribution is -2.36. The number of unbranched alkanes of at least 4 members (excludes halogenated alkanes) is 3. The van der Waals surface area contributed by atoms with Crippen LogP contribution in [0.5, 0.6) is 0 Å². The summed E-state index contributed by atoms with van der Waals surface area (Å²) in [4.78, 5) is 55.5. The van der Waals surface area contributed by atoms with Crippen molar-refractivity contribution in [2.75, 3.05) is 73.0 Å². The van der Waals surface area contributed by atoms with E-state index >= 15 is 0 Å². The Bertz CT molecular complexity index is 714. The third kappa shape index (κ3) is 28.9. The first kappa shape index (κ1) is 40.7. The molecule has 13 heteroatoms. The van der Waals surface area contributed by atoms with Gasteiger partial charge in [-0.15, -0.1) is 0 Å². The molecule has 0 spiro atoms. The van der Waals surface area contributed by atoms with Crippen molar-refractivity contribution in [2.45, 2.75) is 72.3 Å². The molecule has 0 aliphatic rings. The zero-order valence-corrected chi connectivity index (χ0v) is 25.6. The second kappa shape index (κ2) is 27.7. The molecule has 0 radical (unpaired) electrons. The summed E-state index contributed by atoms with van der Waals surface area (Å²) in [5.74, 6) is -1.48. The predicted molar refractivity (Wildman–Crippen MR) is 154 cm³/mol. The highest BCUT2D eigenvalue weighted by Crippen LogP contribution is 2.14. The Balaban J connectivity index is 0. The van der Waals surface area contributed by atoms with Gasteiger partial charge in [0.25, 0.3) is 0 Å². The average molecular weight is 592 g/mol. The molecule has 0 aromatic heterocycles. The van der Waals surface area contributed by atoms with E-state index in [9.17, 15) is 24.0 Å². The Morgan fingerprint density at radius 1 is 0.805 bits per heavy atom. The highest BCUT2D eigenvalue weighted by Gasteiger charge is 2.20. The van der Waals surface area contributed by atoms with Crippen molar-refractivity contribution in [3.05, 3.63) is 0 Å². The van der Waals surface area contributed by atoms with Crippen LogP contribution in [0.1, 0.15) is 66.2 Å². The number of amides is 2. The molecule has 0 fully saturated rings. The molecule has 0 heterocycles. The minimum atomic E-state index is -0.993. The lowest BCUT2D eigenvalue weighted by Gasteiger charge is -2.16. The molecule has 2 amide bonds. The van der Waals surface area contributed by atoms with Crippen molar-refractivity contribution >= 4 is 29.9 Å². The van der Waals surface area contributed by atoms with E-state index in [2.05, 4.69) is 22.9 Å². The summed E-state index contributed by atoms with van der Waals surface area (Å²) in [5, 5.41) is 16.8. The van der Waals surface area contributed by atoms with Gasteiger partial charge in [-0.1, -0.05) is 40.5 Å². The number of carbonyl (C=O) groups is 5. The number of ether oxygens (including phenoxy) is 4. The van der Waals surface area contributed by atoms with Crippen molar-refractivity contribution < 1.29 is 48.0 Å². The fraction of sp³-hybridized carbons (Fsp3) is 0.821. The molecule has 0 aliphatic heterocycles. The molecule has 0 rings (SSSR count). The Morgan fingerprint density at radius 2 is 1.34 bits per heavy atom. The summed E-state index contributed by atoms with van der Waals surface area (Å²) in [6.45, 7) is 9.98. The van der Waals surface area contributed by atoms with Gasteiger partial charge in [0.1, 0.15) is 25.5 Å². The number of rotatable bonds is 25. The van der Waals surface area contributed by atoms with Crippen LogP contribution in [0.4, 0.5) is 0 Å². The maximum absolute atomic E-state index is 11.7. The number of hydrogen-bond donors (Lipinski definition) is 4. The molecule has 0 saturated carbocycles. The number of likely N-dealkylation sites (N-methyl/N-ethyl adjacent to an activating group) is 1. The topological polar surface area (TPSA) is 179 Å². The number of ketones is 1. The first-order valence-electron chi connectivity index (χ1n) is 14.2. The summed E-state index contributed by atoms with van der Waals surface area (Å²) in [5.41, 5.74) is -0.417. The van der Waals surface area contributed by atoms with Crippen LogP contribution in [0.2, 0.25) is 0 Å². The van der Waals surface area contributed by atoms with Gasteiger partial charge < -0.3 is 44.8 Å². The van der Waals surface area contributed by atoms with Gasteiger partial charge in [0, 0.05) is 31.3 Å². The van der Waals surface area contributed by atoms with Crippen LogP contribution < -0.4 is 16.0 Å². The maximum atomic E-state index is 11.7. The molecular weight excluding hydrogens is 538 g/mol. The SMILES string of the molecule is CCCCCC=O.CNC(CCC(=O)NCCOCCOCC(=O)NCCOCCOCC(=O)C(C)(C)C)C(=O)O. The zero-order chi connectivity index (χ0) is 31.4. The van der Waals surface area contributed by atoms with E-state index in [1.54, 1.807) is 0 Å². The van der Waals surface area contributed by atoms with E-state index in [-0.39, 0.29) is 63.5 Å². The number of aldehydes is 1. The summed E-state index contributed by atoms with van der Waals surface area (Å²) < 4.78 is 21.1. The van der Waals surface area contributed by atoms with Gasteiger partial charge in [0.2, 0.25) is 11.8 Å². The molecule has 0 aliphatic carbocycles. The fourth-order valence-electron chi connectivity index (χ4n) is 2.80. The Hall–Kier alpha value is -2.45. The second-order valence-corrected chi connectivity index (χ2v) is 10.1. The molecule has 0 aromatic rings. The van der Waals surface area contributed by atoms with Crippen LogP contribution in [0.3, 0.4) is 0 Å². The highest BCUT2D eigenvalue weighted by molar-refractivity contribution is 5.84. The number of hydrogen-bond acceptors (Lipinski definition) is 10. The van der Waals surface area contributed by atoms with Gasteiger partial charge in [-0.3, -0.25) is 19.2 Å². The minimum Gasteiger partial charge on any atom is -0.480 e. The molecule has 0 bridgehead atoms. The van der Waals surface area contributed by atoms with Crippen LogP contribution in [0.15, 0.2) is 0 Å². The number of nitrogens with one attached hydrogen (secondary N) is 3. The summed E-state index contributed by atoms with van der Waals surface area (Å²) >= 11 is 0. The molecule has 4 N–H and O–H groups in total. The first-order valence-corrected chi connectivity index (χ1v) is 14.2. The van der Waals surface area contributed by atoms with E-state index in [1.807, 2.05) is 20.8 Å². The Labute approximate surface area is 244 Å². The number of carboxylic acid groups (broad SMARTS) is 1. The minimum absolute atomic E-state index is 0.0324. The van der Waals surface area contributed by atoms with Crippen molar-refractivity contribution in [2.24, 2.45) is 5.41 Å². The van der Waals surface area contributed by atoms with Crippen LogP contribution in [-0.4, -0.2) is 114 Å². The monoisotopic (exact) mass is 591 g/mol. The van der Waals surface area contributed by atoms with E-state index in [4.69, 9.17) is 24.1 Å². The number of carbonyl (C=O) groups excluding carboxylic acids is 4. The van der Waals surface area contributed by atoms with Crippen molar-refractivity contribution in [3.63, 3.8) is 0 Å². The van der Waals surface area contributed by atoms with E-state index in [0.29, 0.717) is 32.9 Å². The normalized spacial score (nSPS) is 11.6. The van der Waals surface area contributed by atoms with Crippen LogP contribution >= 0.6 is 0 Å². The van der Waals surface area contributed by atoms with Gasteiger partial charge in [-0.05, 0) is 19.9 Å². The van der Waals surface area contributed by atoms with Crippen LogP contribution in [-0.2, 0) is 42.9 Å². The van der Waals surface area contributed by atoms with E-state index in [1.165, 1.54) is 19.9 Å². The summed E-state index contributed by atoms with van der Waals surface area (Å²) in [6, 6.07) is -0.750. The molecule has 0 aromatic carbocycles. The molecular formula is C28H53N3O10. The van der Waals surface area contributed by atoms with Crippen LogP contribution in [0, 0.1) is 5.41 Å². The molecule has 41 heavy (non-hydrogen) atoms. The second-order valence-electron chi connectivity index (χ2n) is 10.1. The molecule has 13 nitrogen and oxygen atoms in total. The van der Waals surface area contributed by atoms with E-state index < -0.39 is 17.4 Å². The number of aliphatic carboxylic acids is 1. The quantitative estimate of drug-likeness (QED) is 0.0883. The first-order chi connectivity index (χ1) is 19.5. The Kier molecular flexibility index (Phi) is 27.5. The largest absolute Gasteiger partial charge is 0.480 e. The van der Waals surface area contributed by atoms with Crippen molar-refractivity contribution in [1.29, 1.82) is 0 Å². The predicted octanol–water partition coefficient (Wildman–Crippen LogP) is 1.12. The van der Waals surface area contributed by atoms with Gasteiger partial charge in [0.05, 0.1) is 39.6 Å². The van der Waals surface area contributed by atoms with Crippen molar-refractivity contribution in [1.82, 2.24) is 16.0 Å². The number of carboxylic acids is 1. The third-order valence-corrected chi connectivity index (χ3v) is 5.42. The standard InChI is InChI=1S/C22H41N3O9.C6H12O/c1-22(2,3)18(26)15-33-13-11-32-10-8-25-20(28)16-34-14-12-31-9-7-24-19(27)6-5-17(23-4)21(29)30;1-2-3-4-5-6-7/h17,23H,5-16H2,1-4H3,(H,24,27)(H,25,28)(H,29,30);6H,2-5H2,1H3. The lowest BCUT2D eigenvalue weighted by molar-refractivity contribution is -0.139. The van der Waals surface area contributed by atoms with Gasteiger partial charge in [0.15, 0.2) is 5.78 Å². The molecule has 0 saturated heterocycles. The summed E-state index contributed by atoms with van der Waals surface area (Å²) in [7, 11) is 1.53. The highest BCUT2D eigenvalue weighted by atomic mass is 16.5. The molecule has 240 valence electrons. The average Bonchev–Trinajstić information content (AvgIpc) is 2.91. The van der Waals surface area contributed by atoms with Crippen LogP contribution in [0.25, 0.3) is 0 Å².